The minimum atomic E-state index is -4.39. The molecular formula is C19H26F3N3O2. The average molecular weight is 385 g/mol. The Balaban J connectivity index is 1.78. The Labute approximate surface area is 157 Å². The third-order valence-electron chi connectivity index (χ3n) is 4.53. The highest BCUT2D eigenvalue weighted by Crippen LogP contribution is 2.29. The lowest BCUT2D eigenvalue weighted by Crippen LogP contribution is -2.43. The SMILES string of the molecule is CCCC(=O)NCC1CCCN(CC(=O)Nc2ccc(C(F)(F)F)cc2)C1. The molecule has 0 aliphatic carbocycles. The first-order chi connectivity index (χ1) is 12.8. The van der Waals surface area contributed by atoms with Gasteiger partial charge in [0.2, 0.25) is 11.8 Å². The summed E-state index contributed by atoms with van der Waals surface area (Å²) in [6.07, 6.45) is -1.11. The molecule has 8 heteroatoms. The van der Waals surface area contributed by atoms with Crippen LogP contribution in [0, 0.1) is 5.92 Å². The summed E-state index contributed by atoms with van der Waals surface area (Å²) in [5.41, 5.74) is -0.405. The highest BCUT2D eigenvalue weighted by Gasteiger charge is 2.30. The molecule has 0 bridgehead atoms. The molecule has 1 aromatic carbocycles. The van der Waals surface area contributed by atoms with Gasteiger partial charge in [-0.1, -0.05) is 6.92 Å². The summed E-state index contributed by atoms with van der Waals surface area (Å²) >= 11 is 0. The lowest BCUT2D eigenvalue weighted by Gasteiger charge is -2.32. The highest BCUT2D eigenvalue weighted by atomic mass is 19.4. The van der Waals surface area contributed by atoms with E-state index < -0.39 is 11.7 Å². The van der Waals surface area contributed by atoms with Crippen LogP contribution in [0.5, 0.6) is 0 Å². The number of likely N-dealkylation sites (tertiary alicyclic amines) is 1. The van der Waals surface area contributed by atoms with Crippen molar-refractivity contribution < 1.29 is 22.8 Å². The normalized spacial score (nSPS) is 18.1. The second-order valence-corrected chi connectivity index (χ2v) is 6.92. The third-order valence-corrected chi connectivity index (χ3v) is 4.53. The molecule has 1 fully saturated rings. The van der Waals surface area contributed by atoms with E-state index in [1.54, 1.807) is 0 Å². The summed E-state index contributed by atoms with van der Waals surface area (Å²) < 4.78 is 37.7. The Bertz CT molecular complexity index is 632. The first-order valence-corrected chi connectivity index (χ1v) is 9.24. The van der Waals surface area contributed by atoms with Crippen LogP contribution >= 0.6 is 0 Å². The Morgan fingerprint density at radius 3 is 2.52 bits per heavy atom. The fourth-order valence-electron chi connectivity index (χ4n) is 3.18. The van der Waals surface area contributed by atoms with Crippen molar-refractivity contribution in [2.45, 2.75) is 38.8 Å². The molecule has 1 atom stereocenters. The fourth-order valence-corrected chi connectivity index (χ4v) is 3.18. The molecule has 2 N–H and O–H groups in total. The van der Waals surface area contributed by atoms with Crippen LogP contribution in [-0.4, -0.2) is 42.9 Å². The van der Waals surface area contributed by atoms with Gasteiger partial charge in [0.05, 0.1) is 12.1 Å². The topological polar surface area (TPSA) is 61.4 Å². The van der Waals surface area contributed by atoms with E-state index in [-0.39, 0.29) is 18.4 Å². The molecule has 2 amide bonds. The Kier molecular flexibility index (Phi) is 7.65. The number of alkyl halides is 3. The van der Waals surface area contributed by atoms with Gasteiger partial charge in [0.15, 0.2) is 0 Å². The van der Waals surface area contributed by atoms with Gasteiger partial charge in [-0.25, -0.2) is 0 Å². The summed E-state index contributed by atoms with van der Waals surface area (Å²) in [7, 11) is 0. The zero-order valence-electron chi connectivity index (χ0n) is 15.4. The van der Waals surface area contributed by atoms with E-state index in [9.17, 15) is 22.8 Å². The number of rotatable bonds is 7. The number of carbonyl (C=O) groups is 2. The van der Waals surface area contributed by atoms with Crippen molar-refractivity contribution in [3.05, 3.63) is 29.8 Å². The van der Waals surface area contributed by atoms with Crippen LogP contribution in [0.25, 0.3) is 0 Å². The molecular weight excluding hydrogens is 359 g/mol. The van der Waals surface area contributed by atoms with Crippen molar-refractivity contribution in [2.75, 3.05) is 31.5 Å². The van der Waals surface area contributed by atoms with Crippen LogP contribution in [-0.2, 0) is 15.8 Å². The molecule has 1 aliphatic heterocycles. The number of nitrogens with zero attached hydrogens (tertiary/aromatic N) is 1. The predicted octanol–water partition coefficient (Wildman–Crippen LogP) is 3.27. The number of carbonyl (C=O) groups excluding carboxylic acids is 2. The maximum absolute atomic E-state index is 12.6. The minimum Gasteiger partial charge on any atom is -0.356 e. The number of hydrogen-bond acceptors (Lipinski definition) is 3. The monoisotopic (exact) mass is 385 g/mol. The second kappa shape index (κ2) is 9.73. The number of anilines is 1. The molecule has 1 heterocycles. The van der Waals surface area contributed by atoms with Crippen molar-refractivity contribution in [2.24, 2.45) is 5.92 Å². The van der Waals surface area contributed by atoms with Crippen LogP contribution in [0.4, 0.5) is 18.9 Å². The van der Waals surface area contributed by atoms with Crippen molar-refractivity contribution in [1.82, 2.24) is 10.2 Å². The molecule has 5 nitrogen and oxygen atoms in total. The smallest absolute Gasteiger partial charge is 0.356 e. The summed E-state index contributed by atoms with van der Waals surface area (Å²) in [5.74, 6) is 0.0959. The number of halogens is 3. The summed E-state index contributed by atoms with van der Waals surface area (Å²) in [5, 5.41) is 5.56. The third kappa shape index (κ3) is 7.21. The number of hydrogen-bond donors (Lipinski definition) is 2. The van der Waals surface area contributed by atoms with Gasteiger partial charge in [-0.2, -0.15) is 13.2 Å². The maximum atomic E-state index is 12.6. The van der Waals surface area contributed by atoms with E-state index in [0.717, 1.165) is 37.9 Å². The molecule has 1 aromatic rings. The van der Waals surface area contributed by atoms with Crippen LogP contribution in [0.3, 0.4) is 0 Å². The molecule has 1 saturated heterocycles. The Morgan fingerprint density at radius 1 is 1.19 bits per heavy atom. The summed E-state index contributed by atoms with van der Waals surface area (Å²) in [4.78, 5) is 25.8. The van der Waals surface area contributed by atoms with Crippen molar-refractivity contribution in [3.8, 4) is 0 Å². The molecule has 2 rings (SSSR count). The predicted molar refractivity (Wildman–Crippen MR) is 97.2 cm³/mol. The van der Waals surface area contributed by atoms with Crippen molar-refractivity contribution >= 4 is 17.5 Å². The molecule has 1 aliphatic rings. The molecule has 150 valence electrons. The van der Waals surface area contributed by atoms with Gasteiger partial charge >= 0.3 is 6.18 Å². The fraction of sp³-hybridized carbons (Fsp3) is 0.579. The molecule has 1 unspecified atom stereocenters. The zero-order valence-corrected chi connectivity index (χ0v) is 15.4. The second-order valence-electron chi connectivity index (χ2n) is 6.92. The number of piperidine rings is 1. The van der Waals surface area contributed by atoms with E-state index in [0.29, 0.717) is 31.1 Å². The van der Waals surface area contributed by atoms with E-state index >= 15 is 0 Å². The van der Waals surface area contributed by atoms with E-state index in [2.05, 4.69) is 10.6 Å². The molecule has 27 heavy (non-hydrogen) atoms. The molecule has 0 radical (unpaired) electrons. The first kappa shape index (κ1) is 21.2. The maximum Gasteiger partial charge on any atom is 0.416 e. The zero-order chi connectivity index (χ0) is 19.9. The molecule has 0 aromatic heterocycles. The largest absolute Gasteiger partial charge is 0.416 e. The first-order valence-electron chi connectivity index (χ1n) is 9.24. The highest BCUT2D eigenvalue weighted by molar-refractivity contribution is 5.92. The van der Waals surface area contributed by atoms with Crippen LogP contribution in [0.2, 0.25) is 0 Å². The number of nitrogens with one attached hydrogen (secondary N) is 2. The van der Waals surface area contributed by atoms with Gasteiger partial charge in [0.25, 0.3) is 0 Å². The van der Waals surface area contributed by atoms with Crippen LogP contribution < -0.4 is 10.6 Å². The van der Waals surface area contributed by atoms with Gasteiger partial charge < -0.3 is 10.6 Å². The van der Waals surface area contributed by atoms with E-state index in [4.69, 9.17) is 0 Å². The molecule has 0 spiro atoms. The standard InChI is InChI=1S/C19H26F3N3O2/c1-2-4-17(26)23-11-14-5-3-10-25(12-14)13-18(27)24-16-8-6-15(7-9-16)19(20,21)22/h6-9,14H,2-5,10-13H2,1H3,(H,23,26)(H,24,27). The minimum absolute atomic E-state index is 0.0506. The van der Waals surface area contributed by atoms with Gasteiger partial charge in [0, 0.05) is 25.2 Å². The van der Waals surface area contributed by atoms with Crippen LogP contribution in [0.15, 0.2) is 24.3 Å². The lowest BCUT2D eigenvalue weighted by molar-refractivity contribution is -0.137. The van der Waals surface area contributed by atoms with Gasteiger partial charge in [-0.3, -0.25) is 14.5 Å². The van der Waals surface area contributed by atoms with Gasteiger partial charge in [-0.05, 0) is 56.0 Å². The van der Waals surface area contributed by atoms with E-state index in [1.165, 1.54) is 12.1 Å². The number of amides is 2. The summed E-state index contributed by atoms with van der Waals surface area (Å²) in [6, 6.07) is 4.41. The Hall–Kier alpha value is -2.09. The van der Waals surface area contributed by atoms with Gasteiger partial charge in [-0.15, -0.1) is 0 Å². The van der Waals surface area contributed by atoms with E-state index in [1.807, 2.05) is 11.8 Å². The number of benzene rings is 1. The van der Waals surface area contributed by atoms with Gasteiger partial charge in [0.1, 0.15) is 0 Å². The lowest BCUT2D eigenvalue weighted by atomic mass is 9.98. The van der Waals surface area contributed by atoms with Crippen molar-refractivity contribution in [1.29, 1.82) is 0 Å². The quantitative estimate of drug-likeness (QED) is 0.757. The molecule has 0 saturated carbocycles. The van der Waals surface area contributed by atoms with Crippen LogP contribution in [0.1, 0.15) is 38.2 Å². The van der Waals surface area contributed by atoms with Crippen molar-refractivity contribution in [3.63, 3.8) is 0 Å². The average Bonchev–Trinajstić information content (AvgIpc) is 2.60. The Morgan fingerprint density at radius 2 is 1.89 bits per heavy atom. The summed E-state index contributed by atoms with van der Waals surface area (Å²) in [6.45, 7) is 4.25.